The topological polar surface area (TPSA) is 161 Å². The fourth-order valence-corrected chi connectivity index (χ4v) is 5.27. The summed E-state index contributed by atoms with van der Waals surface area (Å²) >= 11 is 1.25. The van der Waals surface area contributed by atoms with Gasteiger partial charge in [-0.25, -0.2) is 9.71 Å². The van der Waals surface area contributed by atoms with Crippen LogP contribution in [-0.4, -0.2) is 60.5 Å². The molecule has 12 heteroatoms. The standard InChI is InChI=1S/C23H25N3O7S2/c24-16(11-14-7-3-1-4-8-14)22(29)26-35(30,31)32-12-18-19(27)20(28)21(33-18)23-25-17(13-34-23)15-9-5-2-6-10-15/h1-10,13,16,18-21,27-28H,11-12,24H2,(H,26,29)/t16-,18+,19+,20+,21+/m0/s1. The molecule has 1 aromatic heterocycles. The van der Waals surface area contributed by atoms with Crippen molar-refractivity contribution in [2.75, 3.05) is 6.61 Å². The van der Waals surface area contributed by atoms with Gasteiger partial charge in [-0.2, -0.15) is 8.42 Å². The van der Waals surface area contributed by atoms with Crippen molar-refractivity contribution >= 4 is 27.5 Å². The number of ether oxygens (including phenoxy) is 1. The van der Waals surface area contributed by atoms with E-state index in [0.717, 1.165) is 11.1 Å². The average Bonchev–Trinajstić information content (AvgIpc) is 3.44. The van der Waals surface area contributed by atoms with Crippen LogP contribution in [0.25, 0.3) is 11.3 Å². The van der Waals surface area contributed by atoms with E-state index in [1.54, 1.807) is 34.4 Å². The highest BCUT2D eigenvalue weighted by atomic mass is 32.2. The van der Waals surface area contributed by atoms with Crippen LogP contribution in [0.15, 0.2) is 66.0 Å². The zero-order chi connectivity index (χ0) is 25.0. The highest BCUT2D eigenvalue weighted by Crippen LogP contribution is 2.36. The summed E-state index contributed by atoms with van der Waals surface area (Å²) in [4.78, 5) is 16.7. The summed E-state index contributed by atoms with van der Waals surface area (Å²) in [5, 5.41) is 23.0. The lowest BCUT2D eigenvalue weighted by molar-refractivity contribution is -0.120. The van der Waals surface area contributed by atoms with E-state index in [0.29, 0.717) is 10.7 Å². The molecule has 10 nitrogen and oxygen atoms in total. The van der Waals surface area contributed by atoms with Gasteiger partial charge in [0.05, 0.1) is 18.3 Å². The number of rotatable bonds is 9. The first kappa shape index (κ1) is 25.4. The van der Waals surface area contributed by atoms with Crippen LogP contribution in [-0.2, 0) is 30.4 Å². The molecule has 1 aliphatic heterocycles. The fourth-order valence-electron chi connectivity index (χ4n) is 3.60. The van der Waals surface area contributed by atoms with E-state index in [4.69, 9.17) is 14.7 Å². The third-order valence-corrected chi connectivity index (χ3v) is 7.25. The van der Waals surface area contributed by atoms with Crippen molar-refractivity contribution in [2.45, 2.75) is 36.9 Å². The minimum atomic E-state index is -4.53. The Bertz CT molecular complexity index is 1240. The molecule has 0 radical (unpaired) electrons. The molecule has 1 fully saturated rings. The molecule has 0 unspecified atom stereocenters. The SMILES string of the molecule is N[C@@H](Cc1ccccc1)C(=O)NS(=O)(=O)OC[C@H]1O[C@@H](c2nc(-c3ccccc3)cs2)[C@H](O)[C@@H]1O. The summed E-state index contributed by atoms with van der Waals surface area (Å²) in [5.41, 5.74) is 8.15. The monoisotopic (exact) mass is 519 g/mol. The average molecular weight is 520 g/mol. The van der Waals surface area contributed by atoms with Gasteiger partial charge >= 0.3 is 10.3 Å². The molecule has 5 N–H and O–H groups in total. The number of aliphatic hydroxyl groups is 2. The fraction of sp³-hybridized carbons (Fsp3) is 0.304. The highest BCUT2D eigenvalue weighted by Gasteiger charge is 2.45. The number of hydrogen-bond donors (Lipinski definition) is 4. The van der Waals surface area contributed by atoms with Crippen LogP contribution in [0.2, 0.25) is 0 Å². The van der Waals surface area contributed by atoms with Crippen LogP contribution < -0.4 is 10.5 Å². The molecule has 2 heterocycles. The van der Waals surface area contributed by atoms with Crippen molar-refractivity contribution < 1.29 is 32.3 Å². The number of nitrogens with zero attached hydrogens (tertiary/aromatic N) is 1. The van der Waals surface area contributed by atoms with Gasteiger partial charge in [-0.3, -0.25) is 8.98 Å². The Labute approximate surface area is 206 Å². The molecule has 35 heavy (non-hydrogen) atoms. The van der Waals surface area contributed by atoms with Crippen molar-refractivity contribution in [3.05, 3.63) is 76.6 Å². The number of amides is 1. The minimum Gasteiger partial charge on any atom is -0.387 e. The van der Waals surface area contributed by atoms with Gasteiger partial charge in [0.1, 0.15) is 29.4 Å². The number of thiazole rings is 1. The van der Waals surface area contributed by atoms with E-state index in [2.05, 4.69) is 4.98 Å². The van der Waals surface area contributed by atoms with Gasteiger partial charge in [0, 0.05) is 10.9 Å². The van der Waals surface area contributed by atoms with Gasteiger partial charge < -0.3 is 20.7 Å². The molecule has 3 aromatic rings. The number of aliphatic hydroxyl groups excluding tert-OH is 2. The minimum absolute atomic E-state index is 0.138. The largest absolute Gasteiger partial charge is 0.387 e. The summed E-state index contributed by atoms with van der Waals surface area (Å²) in [6.45, 7) is -0.623. The van der Waals surface area contributed by atoms with E-state index in [-0.39, 0.29) is 6.42 Å². The van der Waals surface area contributed by atoms with Crippen molar-refractivity contribution in [2.24, 2.45) is 5.73 Å². The smallest absolute Gasteiger partial charge is 0.362 e. The van der Waals surface area contributed by atoms with Gasteiger partial charge in [-0.15, -0.1) is 11.3 Å². The quantitative estimate of drug-likeness (QED) is 0.322. The summed E-state index contributed by atoms with van der Waals surface area (Å²) in [7, 11) is -4.53. The van der Waals surface area contributed by atoms with Crippen molar-refractivity contribution in [1.82, 2.24) is 9.71 Å². The Balaban J connectivity index is 1.33. The zero-order valence-electron chi connectivity index (χ0n) is 18.4. The predicted molar refractivity (Wildman–Crippen MR) is 128 cm³/mol. The lowest BCUT2D eigenvalue weighted by atomic mass is 10.1. The molecule has 0 bridgehead atoms. The van der Waals surface area contributed by atoms with Crippen molar-refractivity contribution in [3.8, 4) is 11.3 Å². The Hall–Kier alpha value is -2.71. The lowest BCUT2D eigenvalue weighted by Crippen LogP contribution is -2.45. The molecule has 0 spiro atoms. The second-order valence-electron chi connectivity index (χ2n) is 8.01. The van der Waals surface area contributed by atoms with Gasteiger partial charge in [-0.05, 0) is 12.0 Å². The normalized spacial score (nSPS) is 23.2. The number of nitrogens with one attached hydrogen (secondary N) is 1. The number of nitrogens with two attached hydrogens (primary N) is 1. The molecule has 4 rings (SSSR count). The Kier molecular flexibility index (Phi) is 7.91. The summed E-state index contributed by atoms with van der Waals surface area (Å²) in [5.74, 6) is -0.934. The van der Waals surface area contributed by atoms with Crippen LogP contribution in [0.3, 0.4) is 0 Å². The maximum absolute atomic E-state index is 12.2. The number of benzene rings is 2. The molecule has 2 aromatic carbocycles. The maximum atomic E-state index is 12.2. The van der Waals surface area contributed by atoms with Gasteiger partial charge in [0.2, 0.25) is 0 Å². The van der Waals surface area contributed by atoms with E-state index in [1.165, 1.54) is 11.3 Å². The van der Waals surface area contributed by atoms with Gasteiger partial charge in [0.25, 0.3) is 5.91 Å². The van der Waals surface area contributed by atoms with Crippen LogP contribution >= 0.6 is 11.3 Å². The first-order valence-electron chi connectivity index (χ1n) is 10.8. The lowest BCUT2D eigenvalue weighted by Gasteiger charge is -2.16. The van der Waals surface area contributed by atoms with E-state index in [1.807, 2.05) is 36.4 Å². The molecule has 1 saturated heterocycles. The molecule has 0 aliphatic carbocycles. The molecule has 1 amide bonds. The zero-order valence-corrected chi connectivity index (χ0v) is 20.1. The summed E-state index contributed by atoms with van der Waals surface area (Å²) < 4.78 is 36.7. The third-order valence-electron chi connectivity index (χ3n) is 5.45. The number of carbonyl (C=O) groups excluding carboxylic acids is 1. The van der Waals surface area contributed by atoms with Crippen molar-refractivity contribution in [1.29, 1.82) is 0 Å². The van der Waals surface area contributed by atoms with Crippen LogP contribution in [0.5, 0.6) is 0 Å². The van der Waals surface area contributed by atoms with E-state index >= 15 is 0 Å². The van der Waals surface area contributed by atoms with E-state index in [9.17, 15) is 23.4 Å². The molecular formula is C23H25N3O7S2. The predicted octanol–water partition coefficient (Wildman–Crippen LogP) is 0.919. The Morgan fingerprint density at radius 2 is 1.77 bits per heavy atom. The molecule has 0 saturated carbocycles. The summed E-state index contributed by atoms with van der Waals surface area (Å²) in [6.07, 6.45) is -4.74. The first-order valence-corrected chi connectivity index (χ1v) is 13.1. The molecule has 186 valence electrons. The molecular weight excluding hydrogens is 494 g/mol. The van der Waals surface area contributed by atoms with Crippen molar-refractivity contribution in [3.63, 3.8) is 0 Å². The Morgan fingerprint density at radius 3 is 2.46 bits per heavy atom. The molecule has 1 aliphatic rings. The van der Waals surface area contributed by atoms with Crippen LogP contribution in [0.1, 0.15) is 16.7 Å². The second kappa shape index (κ2) is 10.9. The van der Waals surface area contributed by atoms with Gasteiger partial charge in [-0.1, -0.05) is 60.7 Å². The third kappa shape index (κ3) is 6.30. The maximum Gasteiger partial charge on any atom is 0.362 e. The van der Waals surface area contributed by atoms with E-state index < -0.39 is 53.3 Å². The number of hydrogen-bond acceptors (Lipinski definition) is 10. The second-order valence-corrected chi connectivity index (χ2v) is 10.3. The number of carbonyl (C=O) groups is 1. The highest BCUT2D eigenvalue weighted by molar-refractivity contribution is 7.85. The summed E-state index contributed by atoms with van der Waals surface area (Å²) in [6, 6.07) is 17.2. The first-order chi connectivity index (χ1) is 16.7. The van der Waals surface area contributed by atoms with Crippen LogP contribution in [0.4, 0.5) is 0 Å². The Morgan fingerprint density at radius 1 is 1.11 bits per heavy atom. The van der Waals surface area contributed by atoms with Gasteiger partial charge in [0.15, 0.2) is 0 Å². The van der Waals surface area contributed by atoms with Crippen LogP contribution in [0, 0.1) is 0 Å². The molecule has 5 atom stereocenters. The number of aromatic nitrogens is 1.